The van der Waals surface area contributed by atoms with Gasteiger partial charge in [0, 0.05) is 37.5 Å². The normalized spacial score (nSPS) is 15.1. The first kappa shape index (κ1) is 21.3. The maximum absolute atomic E-state index is 12.5. The van der Waals surface area contributed by atoms with E-state index in [0.29, 0.717) is 37.6 Å². The number of likely N-dealkylation sites (N-methyl/N-ethyl adjacent to an activating group) is 1. The third-order valence-electron chi connectivity index (χ3n) is 4.79. The molecule has 1 atom stereocenters. The van der Waals surface area contributed by atoms with Gasteiger partial charge in [-0.3, -0.25) is 14.9 Å². The van der Waals surface area contributed by atoms with E-state index in [4.69, 9.17) is 9.57 Å². The van der Waals surface area contributed by atoms with Crippen molar-refractivity contribution in [2.24, 2.45) is 5.16 Å². The second-order valence-corrected chi connectivity index (χ2v) is 6.82. The quantitative estimate of drug-likeness (QED) is 0.394. The number of hydrogen-bond donors (Lipinski definition) is 0. The second-order valence-electron chi connectivity index (χ2n) is 6.82. The Morgan fingerprint density at radius 2 is 1.97 bits per heavy atom. The zero-order chi connectivity index (χ0) is 21.5. The number of para-hydroxylation sites is 1. The van der Waals surface area contributed by atoms with E-state index in [1.807, 2.05) is 35.2 Å². The Morgan fingerprint density at radius 3 is 2.63 bits per heavy atom. The largest absolute Gasteiger partial charge is 0.383 e. The van der Waals surface area contributed by atoms with Crippen molar-refractivity contribution in [3.8, 4) is 0 Å². The molecule has 158 valence electrons. The van der Waals surface area contributed by atoms with Gasteiger partial charge in [0.1, 0.15) is 5.69 Å². The molecule has 1 heterocycles. The summed E-state index contributed by atoms with van der Waals surface area (Å²) in [7, 11) is 1.66. The van der Waals surface area contributed by atoms with E-state index in [2.05, 4.69) is 5.16 Å². The van der Waals surface area contributed by atoms with Gasteiger partial charge in [-0.25, -0.2) is 0 Å². The number of ether oxygens (including phenoxy) is 1. The van der Waals surface area contributed by atoms with Gasteiger partial charge in [0.25, 0.3) is 11.6 Å². The molecule has 1 aliphatic rings. The molecule has 0 bridgehead atoms. The molecule has 1 unspecified atom stereocenters. The van der Waals surface area contributed by atoms with Crippen molar-refractivity contribution in [3.63, 3.8) is 0 Å². The summed E-state index contributed by atoms with van der Waals surface area (Å²) in [6.45, 7) is 3.88. The zero-order valence-electron chi connectivity index (χ0n) is 16.9. The van der Waals surface area contributed by atoms with Gasteiger partial charge in [-0.15, -0.1) is 0 Å². The summed E-state index contributed by atoms with van der Waals surface area (Å²) in [6, 6.07) is 14.1. The van der Waals surface area contributed by atoms with Crippen LogP contribution in [0, 0.1) is 10.1 Å². The minimum Gasteiger partial charge on any atom is -0.383 e. The van der Waals surface area contributed by atoms with E-state index < -0.39 is 11.0 Å². The number of nitrogens with zero attached hydrogens (tertiary/aromatic N) is 4. The molecule has 0 saturated carbocycles. The molecule has 0 radical (unpaired) electrons. The lowest BCUT2D eigenvalue weighted by molar-refractivity contribution is -0.384. The molecule has 0 aromatic heterocycles. The van der Waals surface area contributed by atoms with Crippen molar-refractivity contribution in [1.82, 2.24) is 0 Å². The number of oxime groups is 1. The van der Waals surface area contributed by atoms with E-state index in [-0.39, 0.29) is 11.6 Å². The first-order chi connectivity index (χ1) is 14.5. The number of benzene rings is 2. The predicted molar refractivity (Wildman–Crippen MR) is 114 cm³/mol. The first-order valence-corrected chi connectivity index (χ1v) is 9.60. The molecular weight excluding hydrogens is 388 g/mol. The van der Waals surface area contributed by atoms with Crippen LogP contribution in [0.3, 0.4) is 0 Å². The highest BCUT2D eigenvalue weighted by molar-refractivity contribution is 5.95. The van der Waals surface area contributed by atoms with Gasteiger partial charge in [-0.1, -0.05) is 29.4 Å². The molecule has 0 aliphatic carbocycles. The van der Waals surface area contributed by atoms with Crippen LogP contribution in [0.25, 0.3) is 0 Å². The van der Waals surface area contributed by atoms with Gasteiger partial charge in [-0.2, -0.15) is 0 Å². The van der Waals surface area contributed by atoms with E-state index in [9.17, 15) is 14.9 Å². The Balaban J connectivity index is 1.66. The Bertz CT molecular complexity index is 913. The summed E-state index contributed by atoms with van der Waals surface area (Å²) in [5.74, 6) is -0.257. The standard InChI is InChI=1S/C21H24N4O5/c1-16(21(26)23(2)18-6-4-3-5-7-18)30-22-15-17-8-9-19(20(14-17)25(27)28)24-10-12-29-13-11-24/h3-9,14-16H,10-13H2,1-2H3/b22-15+. The fourth-order valence-corrected chi connectivity index (χ4v) is 3.12. The minimum atomic E-state index is -0.811. The summed E-state index contributed by atoms with van der Waals surface area (Å²) >= 11 is 0. The number of anilines is 2. The van der Waals surface area contributed by atoms with E-state index in [0.717, 1.165) is 5.69 Å². The van der Waals surface area contributed by atoms with Crippen molar-refractivity contribution in [2.45, 2.75) is 13.0 Å². The molecule has 3 rings (SSSR count). The first-order valence-electron chi connectivity index (χ1n) is 9.60. The zero-order valence-corrected chi connectivity index (χ0v) is 16.9. The molecule has 0 spiro atoms. The molecule has 2 aromatic carbocycles. The van der Waals surface area contributed by atoms with Crippen molar-refractivity contribution < 1.29 is 19.3 Å². The molecule has 2 aromatic rings. The lowest BCUT2D eigenvalue weighted by atomic mass is 10.1. The fraction of sp³-hybridized carbons (Fsp3) is 0.333. The van der Waals surface area contributed by atoms with Gasteiger partial charge in [0.2, 0.25) is 6.10 Å². The third-order valence-corrected chi connectivity index (χ3v) is 4.79. The summed E-state index contributed by atoms with van der Waals surface area (Å²) in [5.41, 5.74) is 1.80. The molecule has 0 N–H and O–H groups in total. The number of hydrogen-bond acceptors (Lipinski definition) is 7. The number of nitro benzene ring substituents is 1. The highest BCUT2D eigenvalue weighted by Gasteiger charge is 2.22. The minimum absolute atomic E-state index is 0.00575. The number of nitro groups is 1. The highest BCUT2D eigenvalue weighted by Crippen LogP contribution is 2.29. The molecule has 1 amide bonds. The molecule has 9 nitrogen and oxygen atoms in total. The number of amides is 1. The summed E-state index contributed by atoms with van der Waals surface area (Å²) in [6.07, 6.45) is 0.552. The Labute approximate surface area is 174 Å². The average molecular weight is 412 g/mol. The Kier molecular flexibility index (Phi) is 6.97. The number of carbonyl (C=O) groups is 1. The maximum atomic E-state index is 12.5. The maximum Gasteiger partial charge on any atom is 0.293 e. The molecule has 1 aliphatic heterocycles. The summed E-state index contributed by atoms with van der Waals surface area (Å²) in [5, 5.41) is 15.4. The van der Waals surface area contributed by atoms with Crippen LogP contribution in [-0.2, 0) is 14.4 Å². The average Bonchev–Trinajstić information content (AvgIpc) is 2.79. The van der Waals surface area contributed by atoms with Crippen molar-refractivity contribution >= 4 is 29.2 Å². The predicted octanol–water partition coefficient (Wildman–Crippen LogP) is 2.83. The van der Waals surface area contributed by atoms with Gasteiger partial charge in [-0.05, 0) is 25.1 Å². The number of carbonyl (C=O) groups excluding carboxylic acids is 1. The van der Waals surface area contributed by atoms with E-state index >= 15 is 0 Å². The Hall–Kier alpha value is -3.46. The van der Waals surface area contributed by atoms with Crippen LogP contribution >= 0.6 is 0 Å². The van der Waals surface area contributed by atoms with Crippen LogP contribution in [0.2, 0.25) is 0 Å². The fourth-order valence-electron chi connectivity index (χ4n) is 3.12. The van der Waals surface area contributed by atoms with Crippen LogP contribution in [0.1, 0.15) is 12.5 Å². The monoisotopic (exact) mass is 412 g/mol. The molecule has 1 saturated heterocycles. The third kappa shape index (κ3) is 5.12. The van der Waals surface area contributed by atoms with Crippen LogP contribution in [0.15, 0.2) is 53.7 Å². The van der Waals surface area contributed by atoms with E-state index in [1.165, 1.54) is 17.2 Å². The molecule has 30 heavy (non-hydrogen) atoms. The van der Waals surface area contributed by atoms with Crippen LogP contribution < -0.4 is 9.80 Å². The lowest BCUT2D eigenvalue weighted by Gasteiger charge is -2.28. The summed E-state index contributed by atoms with van der Waals surface area (Å²) in [4.78, 5) is 32.3. The topological polar surface area (TPSA) is 97.5 Å². The van der Waals surface area contributed by atoms with Gasteiger partial charge >= 0.3 is 0 Å². The summed E-state index contributed by atoms with van der Waals surface area (Å²) < 4.78 is 5.30. The smallest absolute Gasteiger partial charge is 0.293 e. The Morgan fingerprint density at radius 1 is 1.27 bits per heavy atom. The molecule has 1 fully saturated rings. The lowest BCUT2D eigenvalue weighted by Crippen LogP contribution is -2.36. The van der Waals surface area contributed by atoms with Crippen molar-refractivity contribution in [2.75, 3.05) is 43.2 Å². The van der Waals surface area contributed by atoms with Crippen molar-refractivity contribution in [1.29, 1.82) is 0 Å². The second kappa shape index (κ2) is 9.84. The number of rotatable bonds is 7. The SMILES string of the molecule is CC(O/N=C/c1ccc(N2CCOCC2)c([N+](=O)[O-])c1)C(=O)N(C)c1ccccc1. The molecule has 9 heteroatoms. The number of morpholine rings is 1. The van der Waals surface area contributed by atoms with Crippen molar-refractivity contribution in [3.05, 3.63) is 64.2 Å². The van der Waals surface area contributed by atoms with Crippen LogP contribution in [0.5, 0.6) is 0 Å². The van der Waals surface area contributed by atoms with Crippen LogP contribution in [0.4, 0.5) is 17.1 Å². The van der Waals surface area contributed by atoms with Gasteiger partial charge in [0.15, 0.2) is 0 Å². The highest BCUT2D eigenvalue weighted by atomic mass is 16.6. The van der Waals surface area contributed by atoms with E-state index in [1.54, 1.807) is 26.1 Å². The molecular formula is C21H24N4O5. The van der Waals surface area contributed by atoms with Gasteiger partial charge in [0.05, 0.1) is 24.4 Å². The van der Waals surface area contributed by atoms with Gasteiger partial charge < -0.3 is 19.4 Å². The van der Waals surface area contributed by atoms with Crippen LogP contribution in [-0.4, -0.2) is 56.5 Å².